The van der Waals surface area contributed by atoms with E-state index in [1.54, 1.807) is 6.20 Å². The van der Waals surface area contributed by atoms with E-state index in [0.29, 0.717) is 13.0 Å². The molecule has 0 aromatic carbocycles. The van der Waals surface area contributed by atoms with E-state index in [9.17, 15) is 4.39 Å². The highest BCUT2D eigenvalue weighted by Crippen LogP contribution is 2.21. The van der Waals surface area contributed by atoms with E-state index in [-0.39, 0.29) is 0 Å². The van der Waals surface area contributed by atoms with Gasteiger partial charge in [-0.05, 0) is 25.5 Å². The van der Waals surface area contributed by atoms with Crippen LogP contribution < -0.4 is 4.90 Å². The number of halogens is 1. The molecule has 1 unspecified atom stereocenters. The van der Waals surface area contributed by atoms with Gasteiger partial charge in [-0.15, -0.1) is 0 Å². The zero-order valence-electron chi connectivity index (χ0n) is 7.70. The van der Waals surface area contributed by atoms with E-state index in [1.807, 2.05) is 19.1 Å². The van der Waals surface area contributed by atoms with Crippen LogP contribution in [0.25, 0.3) is 0 Å². The van der Waals surface area contributed by atoms with Gasteiger partial charge in [-0.25, -0.2) is 4.39 Å². The van der Waals surface area contributed by atoms with Crippen LogP contribution >= 0.6 is 0 Å². The normalized spacial score (nSPS) is 22.3. The van der Waals surface area contributed by atoms with Crippen molar-refractivity contribution < 1.29 is 4.39 Å². The van der Waals surface area contributed by atoms with Crippen LogP contribution in [0.2, 0.25) is 0 Å². The summed E-state index contributed by atoms with van der Waals surface area (Å²) < 4.78 is 12.9. The van der Waals surface area contributed by atoms with Gasteiger partial charge in [-0.1, -0.05) is 0 Å². The molecule has 2 heterocycles. The quantitative estimate of drug-likeness (QED) is 0.656. The summed E-state index contributed by atoms with van der Waals surface area (Å²) in [4.78, 5) is 6.18. The molecule has 1 aromatic heterocycles. The lowest BCUT2D eigenvalue weighted by Crippen LogP contribution is -2.19. The molecule has 2 rings (SSSR count). The highest BCUT2D eigenvalue weighted by Gasteiger charge is 2.21. The van der Waals surface area contributed by atoms with Gasteiger partial charge < -0.3 is 4.90 Å². The minimum atomic E-state index is -0.659. The Morgan fingerprint density at radius 3 is 3.08 bits per heavy atom. The van der Waals surface area contributed by atoms with Crippen molar-refractivity contribution in [3.63, 3.8) is 0 Å². The van der Waals surface area contributed by atoms with Crippen LogP contribution in [0.5, 0.6) is 0 Å². The summed E-state index contributed by atoms with van der Waals surface area (Å²) in [6.45, 7) is 3.31. The van der Waals surface area contributed by atoms with E-state index < -0.39 is 6.17 Å². The van der Waals surface area contributed by atoms with Crippen LogP contribution in [0.3, 0.4) is 0 Å². The Kier molecular flexibility index (Phi) is 2.17. The van der Waals surface area contributed by atoms with Crippen LogP contribution in [0.1, 0.15) is 12.1 Å². The molecule has 1 aromatic rings. The smallest absolute Gasteiger partial charge is 0.119 e. The number of rotatable bonds is 1. The van der Waals surface area contributed by atoms with Gasteiger partial charge in [0.2, 0.25) is 0 Å². The lowest BCUT2D eigenvalue weighted by atomic mass is 10.3. The molecule has 3 heteroatoms. The summed E-state index contributed by atoms with van der Waals surface area (Å²) in [5.74, 6) is 0. The molecule has 0 saturated carbocycles. The van der Waals surface area contributed by atoms with E-state index in [2.05, 4.69) is 9.88 Å². The highest BCUT2D eigenvalue weighted by atomic mass is 19.1. The third-order valence-electron chi connectivity index (χ3n) is 2.38. The van der Waals surface area contributed by atoms with Crippen molar-refractivity contribution in [2.24, 2.45) is 0 Å². The molecule has 1 aliphatic rings. The molecule has 1 atom stereocenters. The Bertz CT molecular complexity index is 301. The number of aryl methyl sites for hydroxylation is 1. The van der Waals surface area contributed by atoms with E-state index in [0.717, 1.165) is 17.9 Å². The second-order valence-corrected chi connectivity index (χ2v) is 3.49. The molecule has 1 saturated heterocycles. The summed E-state index contributed by atoms with van der Waals surface area (Å²) in [6, 6.07) is 3.93. The number of hydrogen-bond acceptors (Lipinski definition) is 2. The Hall–Kier alpha value is -1.12. The van der Waals surface area contributed by atoms with Gasteiger partial charge in [-0.3, -0.25) is 4.98 Å². The fraction of sp³-hybridized carbons (Fsp3) is 0.500. The first-order valence-electron chi connectivity index (χ1n) is 4.57. The second kappa shape index (κ2) is 3.32. The lowest BCUT2D eigenvalue weighted by Gasteiger charge is -2.17. The maximum Gasteiger partial charge on any atom is 0.119 e. The third-order valence-corrected chi connectivity index (χ3v) is 2.38. The number of alkyl halides is 1. The first-order valence-corrected chi connectivity index (χ1v) is 4.57. The maximum absolute atomic E-state index is 12.9. The fourth-order valence-electron chi connectivity index (χ4n) is 1.68. The predicted molar refractivity (Wildman–Crippen MR) is 50.7 cm³/mol. The molecule has 1 fully saturated rings. The number of hydrogen-bond donors (Lipinski definition) is 0. The predicted octanol–water partition coefficient (Wildman–Crippen LogP) is 1.94. The van der Waals surface area contributed by atoms with Crippen LogP contribution in [0.15, 0.2) is 18.3 Å². The molecule has 13 heavy (non-hydrogen) atoms. The standard InChI is InChI=1S/C10H13FN2/c1-8-6-10(2-4-12-8)13-5-3-9(11)7-13/h2,4,6,9H,3,5,7H2,1H3. The lowest BCUT2D eigenvalue weighted by molar-refractivity contribution is 0.364. The minimum absolute atomic E-state index is 0.531. The maximum atomic E-state index is 12.9. The van der Waals surface area contributed by atoms with Gasteiger partial charge in [0.25, 0.3) is 0 Å². The molecule has 70 valence electrons. The number of anilines is 1. The molecular formula is C10H13FN2. The number of nitrogens with zero attached hydrogens (tertiary/aromatic N) is 2. The topological polar surface area (TPSA) is 16.1 Å². The van der Waals surface area contributed by atoms with Crippen molar-refractivity contribution in [2.75, 3.05) is 18.0 Å². The first-order chi connectivity index (χ1) is 6.25. The molecule has 0 radical (unpaired) electrons. The van der Waals surface area contributed by atoms with Crippen LogP contribution in [0, 0.1) is 6.92 Å². The van der Waals surface area contributed by atoms with Gasteiger partial charge in [-0.2, -0.15) is 0 Å². The van der Waals surface area contributed by atoms with E-state index >= 15 is 0 Å². The van der Waals surface area contributed by atoms with Crippen molar-refractivity contribution in [1.29, 1.82) is 0 Å². The Morgan fingerprint density at radius 2 is 2.46 bits per heavy atom. The van der Waals surface area contributed by atoms with Gasteiger partial charge >= 0.3 is 0 Å². The number of aromatic nitrogens is 1. The van der Waals surface area contributed by atoms with E-state index in [4.69, 9.17) is 0 Å². The van der Waals surface area contributed by atoms with Gasteiger partial charge in [0, 0.05) is 30.7 Å². The molecular weight excluding hydrogens is 167 g/mol. The number of pyridine rings is 1. The van der Waals surface area contributed by atoms with Crippen molar-refractivity contribution >= 4 is 5.69 Å². The Balaban J connectivity index is 2.16. The summed E-state index contributed by atoms with van der Waals surface area (Å²) in [5.41, 5.74) is 2.08. The molecule has 0 bridgehead atoms. The largest absolute Gasteiger partial charge is 0.368 e. The van der Waals surface area contributed by atoms with E-state index in [1.165, 1.54) is 0 Å². The third kappa shape index (κ3) is 1.79. The SMILES string of the molecule is Cc1cc(N2CCC(F)C2)ccn1. The Morgan fingerprint density at radius 1 is 1.62 bits per heavy atom. The molecule has 2 nitrogen and oxygen atoms in total. The highest BCUT2D eigenvalue weighted by molar-refractivity contribution is 5.47. The summed E-state index contributed by atoms with van der Waals surface area (Å²) in [7, 11) is 0. The van der Waals surface area contributed by atoms with Gasteiger partial charge in [0.15, 0.2) is 0 Å². The summed E-state index contributed by atoms with van der Waals surface area (Å²) in [6.07, 6.45) is 1.77. The van der Waals surface area contributed by atoms with Gasteiger partial charge in [0.05, 0.1) is 0 Å². The van der Waals surface area contributed by atoms with Crippen LogP contribution in [0.4, 0.5) is 10.1 Å². The van der Waals surface area contributed by atoms with Crippen LogP contribution in [-0.2, 0) is 0 Å². The minimum Gasteiger partial charge on any atom is -0.368 e. The van der Waals surface area contributed by atoms with Crippen LogP contribution in [-0.4, -0.2) is 24.2 Å². The van der Waals surface area contributed by atoms with Crippen molar-refractivity contribution in [1.82, 2.24) is 4.98 Å². The first kappa shape index (κ1) is 8.48. The monoisotopic (exact) mass is 180 g/mol. The molecule has 0 amide bonds. The fourth-order valence-corrected chi connectivity index (χ4v) is 1.68. The summed E-state index contributed by atoms with van der Waals surface area (Å²) in [5, 5.41) is 0. The zero-order chi connectivity index (χ0) is 9.26. The van der Waals surface area contributed by atoms with Crippen molar-refractivity contribution in [2.45, 2.75) is 19.5 Å². The zero-order valence-corrected chi connectivity index (χ0v) is 7.70. The second-order valence-electron chi connectivity index (χ2n) is 3.49. The average Bonchev–Trinajstić information content (AvgIpc) is 2.52. The molecule has 0 N–H and O–H groups in total. The van der Waals surface area contributed by atoms with Gasteiger partial charge in [0.1, 0.15) is 6.17 Å². The molecule has 0 aliphatic carbocycles. The van der Waals surface area contributed by atoms with Crippen molar-refractivity contribution in [3.05, 3.63) is 24.0 Å². The Labute approximate surface area is 77.4 Å². The summed E-state index contributed by atoms with van der Waals surface area (Å²) >= 11 is 0. The molecule has 1 aliphatic heterocycles. The molecule has 0 spiro atoms. The average molecular weight is 180 g/mol. The van der Waals surface area contributed by atoms with Crippen molar-refractivity contribution in [3.8, 4) is 0 Å².